The maximum atomic E-state index is 9.96. The van der Waals surface area contributed by atoms with Crippen molar-refractivity contribution in [2.75, 3.05) is 0 Å². The highest BCUT2D eigenvalue weighted by atomic mass is 16.3. The van der Waals surface area contributed by atoms with Crippen molar-refractivity contribution in [2.45, 2.75) is 0 Å². The van der Waals surface area contributed by atoms with Gasteiger partial charge in [-0.05, 0) is 24.3 Å². The van der Waals surface area contributed by atoms with Crippen LogP contribution >= 0.6 is 0 Å². The van der Waals surface area contributed by atoms with Crippen LogP contribution in [0.3, 0.4) is 0 Å². The van der Waals surface area contributed by atoms with Gasteiger partial charge < -0.3 is 5.11 Å². The van der Waals surface area contributed by atoms with E-state index in [1.165, 1.54) is 0 Å². The summed E-state index contributed by atoms with van der Waals surface area (Å²) in [5.41, 5.74) is 0.995. The van der Waals surface area contributed by atoms with Gasteiger partial charge in [-0.25, -0.2) is 4.98 Å². The number of rotatable bonds is 1. The number of phenols is 1. The highest BCUT2D eigenvalue weighted by molar-refractivity contribution is 5.89. The molecule has 0 aliphatic rings. The minimum atomic E-state index is 0.265. The number of fused-ring (bicyclic) bond motifs is 2. The molecule has 0 fully saturated rings. The second kappa shape index (κ2) is 4.06. The molecule has 1 N–H and O–H groups in total. The first kappa shape index (κ1) is 11.0. The molecule has 0 aliphatic carbocycles. The van der Waals surface area contributed by atoms with Crippen LogP contribution in [0, 0.1) is 0 Å². The van der Waals surface area contributed by atoms with Crippen LogP contribution in [0.4, 0.5) is 0 Å². The maximum Gasteiger partial charge on any atom is 0.137 e. The largest absolute Gasteiger partial charge is 0.507 e. The van der Waals surface area contributed by atoms with Crippen molar-refractivity contribution >= 4 is 21.7 Å². The van der Waals surface area contributed by atoms with Crippen molar-refractivity contribution in [3.8, 4) is 11.6 Å². The van der Waals surface area contributed by atoms with Crippen molar-refractivity contribution in [1.29, 1.82) is 0 Å². The van der Waals surface area contributed by atoms with Crippen LogP contribution < -0.4 is 0 Å². The van der Waals surface area contributed by atoms with E-state index in [-0.39, 0.29) is 5.75 Å². The summed E-state index contributed by atoms with van der Waals surface area (Å²) in [4.78, 5) is 8.62. The fourth-order valence-electron chi connectivity index (χ4n) is 2.45. The molecule has 0 unspecified atom stereocenters. The molecule has 0 bridgehead atoms. The summed E-state index contributed by atoms with van der Waals surface area (Å²) in [6, 6.07) is 11.3. The normalized spacial score (nSPS) is 11.2. The van der Waals surface area contributed by atoms with E-state index >= 15 is 0 Å². The van der Waals surface area contributed by atoms with Gasteiger partial charge in [0.1, 0.15) is 11.6 Å². The monoisotopic (exact) mass is 261 g/mol. The minimum absolute atomic E-state index is 0.265. The Bertz CT molecular complexity index is 927. The van der Waals surface area contributed by atoms with Crippen LogP contribution in [0.15, 0.2) is 61.2 Å². The van der Waals surface area contributed by atoms with Gasteiger partial charge in [0.05, 0.1) is 11.7 Å². The molecule has 3 aromatic heterocycles. The number of aromatic hydroxyl groups is 1. The summed E-state index contributed by atoms with van der Waals surface area (Å²) in [7, 11) is 0. The quantitative estimate of drug-likeness (QED) is 0.572. The molecule has 0 radical (unpaired) electrons. The number of benzene rings is 1. The molecule has 1 aromatic carbocycles. The summed E-state index contributed by atoms with van der Waals surface area (Å²) in [5.74, 6) is 1.03. The first-order valence-corrected chi connectivity index (χ1v) is 6.32. The molecule has 96 valence electrons. The zero-order chi connectivity index (χ0) is 13.5. The predicted molar refractivity (Wildman–Crippen MR) is 78.0 cm³/mol. The van der Waals surface area contributed by atoms with Crippen LogP contribution in [0.1, 0.15) is 0 Å². The Hall–Kier alpha value is -2.88. The molecular formula is C16H11N3O. The van der Waals surface area contributed by atoms with E-state index in [1.807, 2.05) is 47.3 Å². The number of hydrogen-bond acceptors (Lipinski definition) is 3. The fraction of sp³-hybridized carbons (Fsp3) is 0. The molecule has 0 atom stereocenters. The molecule has 20 heavy (non-hydrogen) atoms. The third-order valence-electron chi connectivity index (χ3n) is 3.47. The Balaban J connectivity index is 2.00. The molecular weight excluding hydrogens is 250 g/mol. The highest BCUT2D eigenvalue weighted by Crippen LogP contribution is 2.26. The van der Waals surface area contributed by atoms with Gasteiger partial charge >= 0.3 is 0 Å². The summed E-state index contributed by atoms with van der Waals surface area (Å²) >= 11 is 0. The van der Waals surface area contributed by atoms with E-state index in [1.54, 1.807) is 18.5 Å². The van der Waals surface area contributed by atoms with E-state index in [0.29, 0.717) is 0 Å². The van der Waals surface area contributed by atoms with Crippen LogP contribution in [0.2, 0.25) is 0 Å². The number of phenolic OH excluding ortho intramolecular Hbond substituents is 1. The number of nitrogens with zero attached hydrogens (tertiary/aromatic N) is 3. The highest BCUT2D eigenvalue weighted by Gasteiger charge is 2.06. The second-order valence-electron chi connectivity index (χ2n) is 4.66. The first-order chi connectivity index (χ1) is 9.83. The Labute approximate surface area is 115 Å². The first-order valence-electron chi connectivity index (χ1n) is 6.32. The Kier molecular flexibility index (Phi) is 2.23. The number of pyridine rings is 2. The smallest absolute Gasteiger partial charge is 0.137 e. The molecule has 0 amide bonds. The van der Waals surface area contributed by atoms with Crippen LogP contribution in [-0.2, 0) is 0 Å². The summed E-state index contributed by atoms with van der Waals surface area (Å²) in [6.07, 6.45) is 7.31. The number of aromatic nitrogens is 3. The predicted octanol–water partition coefficient (Wildman–Crippen LogP) is 3.28. The van der Waals surface area contributed by atoms with E-state index in [4.69, 9.17) is 0 Å². The summed E-state index contributed by atoms with van der Waals surface area (Å²) < 4.78 is 1.97. The number of hydrogen-bond donors (Lipinski definition) is 1. The van der Waals surface area contributed by atoms with Crippen molar-refractivity contribution in [1.82, 2.24) is 14.5 Å². The van der Waals surface area contributed by atoms with E-state index in [9.17, 15) is 5.11 Å². The average molecular weight is 261 g/mol. The molecule has 0 saturated carbocycles. The Morgan fingerprint density at radius 2 is 1.95 bits per heavy atom. The lowest BCUT2D eigenvalue weighted by Crippen LogP contribution is -1.95. The molecule has 4 heteroatoms. The Morgan fingerprint density at radius 3 is 2.90 bits per heavy atom. The van der Waals surface area contributed by atoms with Gasteiger partial charge in [-0.15, -0.1) is 0 Å². The summed E-state index contributed by atoms with van der Waals surface area (Å²) in [6.45, 7) is 0. The lowest BCUT2D eigenvalue weighted by molar-refractivity contribution is 0.481. The molecule has 0 spiro atoms. The van der Waals surface area contributed by atoms with Crippen LogP contribution in [0.5, 0.6) is 5.75 Å². The van der Waals surface area contributed by atoms with Crippen molar-refractivity contribution in [3.05, 3.63) is 61.2 Å². The third kappa shape index (κ3) is 1.55. The van der Waals surface area contributed by atoms with Crippen molar-refractivity contribution < 1.29 is 5.11 Å². The zero-order valence-corrected chi connectivity index (χ0v) is 10.6. The van der Waals surface area contributed by atoms with E-state index in [2.05, 4.69) is 9.97 Å². The standard InChI is InChI=1S/C16H11N3O/c20-15-3-1-2-12-9-18-16(8-13(12)15)19-7-5-11-4-6-17-10-14(11)19/h1-10,20H. The maximum absolute atomic E-state index is 9.96. The molecule has 3 heterocycles. The van der Waals surface area contributed by atoms with Crippen LogP contribution in [0.25, 0.3) is 27.5 Å². The second-order valence-corrected chi connectivity index (χ2v) is 4.66. The Morgan fingerprint density at radius 1 is 1.00 bits per heavy atom. The lowest BCUT2D eigenvalue weighted by Gasteiger charge is -2.06. The van der Waals surface area contributed by atoms with Crippen molar-refractivity contribution in [3.63, 3.8) is 0 Å². The topological polar surface area (TPSA) is 50.9 Å². The van der Waals surface area contributed by atoms with Gasteiger partial charge in [-0.3, -0.25) is 9.55 Å². The fourth-order valence-corrected chi connectivity index (χ4v) is 2.45. The zero-order valence-electron chi connectivity index (χ0n) is 10.6. The molecule has 4 aromatic rings. The molecule has 0 saturated heterocycles. The van der Waals surface area contributed by atoms with Gasteiger partial charge in [-0.2, -0.15) is 0 Å². The van der Waals surface area contributed by atoms with Crippen LogP contribution in [-0.4, -0.2) is 19.6 Å². The van der Waals surface area contributed by atoms with Gasteiger partial charge in [-0.1, -0.05) is 12.1 Å². The third-order valence-corrected chi connectivity index (χ3v) is 3.47. The van der Waals surface area contributed by atoms with Gasteiger partial charge in [0, 0.05) is 34.7 Å². The average Bonchev–Trinajstić information content (AvgIpc) is 2.91. The van der Waals surface area contributed by atoms with Gasteiger partial charge in [0.15, 0.2) is 0 Å². The van der Waals surface area contributed by atoms with E-state index < -0.39 is 0 Å². The molecule has 4 nitrogen and oxygen atoms in total. The summed E-state index contributed by atoms with van der Waals surface area (Å²) in [5, 5.41) is 12.8. The van der Waals surface area contributed by atoms with Gasteiger partial charge in [0.25, 0.3) is 0 Å². The minimum Gasteiger partial charge on any atom is -0.507 e. The SMILES string of the molecule is Oc1cccc2cnc(-n3ccc4ccncc43)cc12. The van der Waals surface area contributed by atoms with E-state index in [0.717, 1.165) is 27.5 Å². The lowest BCUT2D eigenvalue weighted by atomic mass is 10.1. The molecule has 4 rings (SSSR count). The van der Waals surface area contributed by atoms with Crippen molar-refractivity contribution in [2.24, 2.45) is 0 Å². The molecule has 0 aliphatic heterocycles. The van der Waals surface area contributed by atoms with Gasteiger partial charge in [0.2, 0.25) is 0 Å².